The van der Waals surface area contributed by atoms with Crippen LogP contribution < -0.4 is 10.1 Å². The van der Waals surface area contributed by atoms with Crippen molar-refractivity contribution in [2.45, 2.75) is 17.9 Å². The van der Waals surface area contributed by atoms with Crippen molar-refractivity contribution in [2.24, 2.45) is 0 Å². The fourth-order valence-electron chi connectivity index (χ4n) is 2.01. The van der Waals surface area contributed by atoms with Gasteiger partial charge in [-0.15, -0.1) is 11.8 Å². The second-order valence-electron chi connectivity index (χ2n) is 5.07. The highest BCUT2D eigenvalue weighted by Crippen LogP contribution is 2.29. The normalized spacial score (nSPS) is 11.6. The van der Waals surface area contributed by atoms with E-state index in [0.29, 0.717) is 17.2 Å². The molecule has 0 fully saturated rings. The van der Waals surface area contributed by atoms with E-state index in [0.717, 1.165) is 5.56 Å². The average Bonchev–Trinajstić information content (AvgIpc) is 2.60. The highest BCUT2D eigenvalue weighted by molar-refractivity contribution is 7.99. The van der Waals surface area contributed by atoms with Crippen LogP contribution in [0.2, 0.25) is 0 Å². The molecular formula is C17H18N2O4S. The first-order valence-electron chi connectivity index (χ1n) is 7.30. The fraction of sp³-hybridized carbons (Fsp3) is 0.235. The number of anilines is 1. The third kappa shape index (κ3) is 4.73. The molecular weight excluding hydrogens is 328 g/mol. The zero-order valence-electron chi connectivity index (χ0n) is 13.4. The first-order chi connectivity index (χ1) is 11.5. The van der Waals surface area contributed by atoms with Gasteiger partial charge in [-0.2, -0.15) is 0 Å². The number of nitro groups is 1. The summed E-state index contributed by atoms with van der Waals surface area (Å²) in [7, 11) is 1.45. The number of ether oxygens (including phenoxy) is 1. The van der Waals surface area contributed by atoms with Crippen LogP contribution in [0.3, 0.4) is 0 Å². The van der Waals surface area contributed by atoms with Crippen molar-refractivity contribution in [1.82, 2.24) is 0 Å². The molecule has 1 amide bonds. The number of rotatable bonds is 7. The van der Waals surface area contributed by atoms with Crippen LogP contribution in [-0.4, -0.2) is 23.2 Å². The molecule has 0 aliphatic carbocycles. The van der Waals surface area contributed by atoms with Gasteiger partial charge < -0.3 is 10.1 Å². The van der Waals surface area contributed by atoms with Crippen molar-refractivity contribution in [2.75, 3.05) is 12.4 Å². The predicted octanol–water partition coefficient (Wildman–Crippen LogP) is 3.86. The van der Waals surface area contributed by atoms with Crippen LogP contribution in [0.1, 0.15) is 12.5 Å². The van der Waals surface area contributed by atoms with Crippen molar-refractivity contribution >= 4 is 29.0 Å². The fourth-order valence-corrected chi connectivity index (χ4v) is 2.86. The van der Waals surface area contributed by atoms with Crippen molar-refractivity contribution in [1.29, 1.82) is 0 Å². The summed E-state index contributed by atoms with van der Waals surface area (Å²) in [6.45, 7) is 1.80. The Kier molecular flexibility index (Phi) is 6.20. The lowest BCUT2D eigenvalue weighted by Crippen LogP contribution is -2.23. The Bertz CT molecular complexity index is 722. The molecule has 2 aromatic carbocycles. The summed E-state index contributed by atoms with van der Waals surface area (Å²) >= 11 is 1.49. The number of carbonyl (C=O) groups is 1. The van der Waals surface area contributed by atoms with Gasteiger partial charge in [-0.1, -0.05) is 30.3 Å². The Morgan fingerprint density at radius 1 is 1.29 bits per heavy atom. The van der Waals surface area contributed by atoms with E-state index in [2.05, 4.69) is 5.32 Å². The number of nitro benzene ring substituents is 1. The number of hydrogen-bond donors (Lipinski definition) is 1. The third-order valence-electron chi connectivity index (χ3n) is 3.36. The first-order valence-corrected chi connectivity index (χ1v) is 8.35. The van der Waals surface area contributed by atoms with E-state index >= 15 is 0 Å². The Morgan fingerprint density at radius 3 is 2.62 bits per heavy atom. The molecule has 0 spiro atoms. The zero-order chi connectivity index (χ0) is 17.5. The summed E-state index contributed by atoms with van der Waals surface area (Å²) in [5.74, 6) is 0.866. The number of thioether (sulfide) groups is 1. The second kappa shape index (κ2) is 8.35. The lowest BCUT2D eigenvalue weighted by atomic mass is 10.2. The van der Waals surface area contributed by atoms with Crippen molar-refractivity contribution in [3.63, 3.8) is 0 Å². The molecule has 6 nitrogen and oxygen atoms in total. The number of nitrogens with zero attached hydrogens (tertiary/aromatic N) is 1. The minimum Gasteiger partial charge on any atom is -0.495 e. The van der Waals surface area contributed by atoms with Crippen LogP contribution in [0.15, 0.2) is 48.5 Å². The van der Waals surface area contributed by atoms with Gasteiger partial charge in [0.1, 0.15) is 5.75 Å². The second-order valence-corrected chi connectivity index (χ2v) is 6.40. The van der Waals surface area contributed by atoms with Gasteiger partial charge in [0, 0.05) is 17.9 Å². The van der Waals surface area contributed by atoms with Crippen LogP contribution in [0.25, 0.3) is 0 Å². The molecule has 126 valence electrons. The van der Waals surface area contributed by atoms with E-state index in [-0.39, 0.29) is 16.8 Å². The van der Waals surface area contributed by atoms with Crippen molar-refractivity contribution < 1.29 is 14.5 Å². The molecule has 2 rings (SSSR count). The minimum atomic E-state index is -0.511. The third-order valence-corrected chi connectivity index (χ3v) is 4.58. The van der Waals surface area contributed by atoms with Crippen molar-refractivity contribution in [3.8, 4) is 5.75 Å². The SMILES string of the molecule is COc1ccc([N+](=O)[O-])cc1NC(=O)[C@@H](C)SCc1ccccc1. The Morgan fingerprint density at radius 2 is 2.00 bits per heavy atom. The maximum absolute atomic E-state index is 12.3. The number of hydrogen-bond acceptors (Lipinski definition) is 5. The van der Waals surface area contributed by atoms with E-state index in [1.165, 1.54) is 37.1 Å². The lowest BCUT2D eigenvalue weighted by molar-refractivity contribution is -0.384. The van der Waals surface area contributed by atoms with Crippen LogP contribution in [-0.2, 0) is 10.5 Å². The van der Waals surface area contributed by atoms with Gasteiger partial charge in [-0.25, -0.2) is 0 Å². The highest BCUT2D eigenvalue weighted by Gasteiger charge is 2.18. The topological polar surface area (TPSA) is 81.5 Å². The Balaban J connectivity index is 2.02. The quantitative estimate of drug-likeness (QED) is 0.608. The number of amides is 1. The van der Waals surface area contributed by atoms with Gasteiger partial charge in [-0.05, 0) is 18.6 Å². The molecule has 0 saturated heterocycles. The van der Waals surface area contributed by atoms with Gasteiger partial charge >= 0.3 is 0 Å². The monoisotopic (exact) mass is 346 g/mol. The highest BCUT2D eigenvalue weighted by atomic mass is 32.2. The largest absolute Gasteiger partial charge is 0.495 e. The molecule has 0 unspecified atom stereocenters. The molecule has 1 atom stereocenters. The van der Waals surface area contributed by atoms with Crippen molar-refractivity contribution in [3.05, 3.63) is 64.2 Å². The first kappa shape index (κ1) is 17.8. The van der Waals surface area contributed by atoms with E-state index in [1.54, 1.807) is 6.92 Å². The lowest BCUT2D eigenvalue weighted by Gasteiger charge is -2.14. The van der Waals surface area contributed by atoms with E-state index in [9.17, 15) is 14.9 Å². The number of carbonyl (C=O) groups excluding carboxylic acids is 1. The average molecular weight is 346 g/mol. The summed E-state index contributed by atoms with van der Waals surface area (Å²) in [5, 5.41) is 13.3. The molecule has 0 radical (unpaired) electrons. The minimum absolute atomic E-state index is 0.101. The molecule has 0 aromatic heterocycles. The predicted molar refractivity (Wildman–Crippen MR) is 95.5 cm³/mol. The molecule has 0 saturated carbocycles. The molecule has 24 heavy (non-hydrogen) atoms. The number of nitrogens with one attached hydrogen (secondary N) is 1. The summed E-state index contributed by atoms with van der Waals surface area (Å²) < 4.78 is 5.15. The van der Waals surface area contributed by atoms with Gasteiger partial charge in [0.2, 0.25) is 5.91 Å². The van der Waals surface area contributed by atoms with Gasteiger partial charge in [0.15, 0.2) is 0 Å². The number of non-ortho nitro benzene ring substituents is 1. The summed E-state index contributed by atoms with van der Waals surface area (Å²) in [6.07, 6.45) is 0. The van der Waals surface area contributed by atoms with Crippen LogP contribution in [0.5, 0.6) is 5.75 Å². The maximum Gasteiger partial charge on any atom is 0.271 e. The van der Waals surface area contributed by atoms with Crippen LogP contribution in [0.4, 0.5) is 11.4 Å². The zero-order valence-corrected chi connectivity index (χ0v) is 14.2. The van der Waals surface area contributed by atoms with Crippen LogP contribution >= 0.6 is 11.8 Å². The number of methoxy groups -OCH3 is 1. The molecule has 0 aliphatic heterocycles. The molecule has 2 aromatic rings. The van der Waals surface area contributed by atoms with Gasteiger partial charge in [0.25, 0.3) is 5.69 Å². The maximum atomic E-state index is 12.3. The van der Waals surface area contributed by atoms with E-state index < -0.39 is 4.92 Å². The van der Waals surface area contributed by atoms with E-state index in [1.807, 2.05) is 30.3 Å². The molecule has 0 aliphatic rings. The van der Waals surface area contributed by atoms with Gasteiger partial charge in [0.05, 0.1) is 23.0 Å². The molecule has 1 N–H and O–H groups in total. The molecule has 0 heterocycles. The molecule has 0 bridgehead atoms. The summed E-state index contributed by atoms with van der Waals surface area (Å²) in [5.41, 5.74) is 1.33. The number of benzene rings is 2. The van der Waals surface area contributed by atoms with Crippen LogP contribution in [0, 0.1) is 10.1 Å². The Labute approximate surface area is 144 Å². The summed E-state index contributed by atoms with van der Waals surface area (Å²) in [6, 6.07) is 14.0. The Hall–Kier alpha value is -2.54. The van der Waals surface area contributed by atoms with E-state index in [4.69, 9.17) is 4.74 Å². The van der Waals surface area contributed by atoms with Gasteiger partial charge in [-0.3, -0.25) is 14.9 Å². The standard InChI is InChI=1S/C17H18N2O4S/c1-12(24-11-13-6-4-3-5-7-13)17(20)18-15-10-14(19(21)22)8-9-16(15)23-2/h3-10,12H,11H2,1-2H3,(H,18,20)/t12-/m1/s1. The summed E-state index contributed by atoms with van der Waals surface area (Å²) in [4.78, 5) is 22.7. The molecule has 7 heteroatoms. The smallest absolute Gasteiger partial charge is 0.271 e.